The van der Waals surface area contributed by atoms with Crippen LogP contribution in [0.2, 0.25) is 5.02 Å². The van der Waals surface area contributed by atoms with E-state index in [0.717, 1.165) is 0 Å². The summed E-state index contributed by atoms with van der Waals surface area (Å²) in [6, 6.07) is 6.64. The third-order valence-electron chi connectivity index (χ3n) is 2.20. The molecule has 0 aliphatic heterocycles. The highest BCUT2D eigenvalue weighted by molar-refractivity contribution is 6.30. The van der Waals surface area contributed by atoms with E-state index in [1.807, 2.05) is 0 Å². The lowest BCUT2D eigenvalue weighted by atomic mass is 9.92. The van der Waals surface area contributed by atoms with Crippen LogP contribution in [0.1, 0.15) is 24.3 Å². The second-order valence-electron chi connectivity index (χ2n) is 3.50. The van der Waals surface area contributed by atoms with Gasteiger partial charge in [-0.1, -0.05) is 23.7 Å². The first-order valence-corrected chi connectivity index (χ1v) is 5.10. The Bertz CT molecular complexity index is 373. The first-order chi connectivity index (χ1) is 7.49. The Morgan fingerprint density at radius 3 is 2.25 bits per heavy atom. The molecule has 16 heavy (non-hydrogen) atoms. The van der Waals surface area contributed by atoms with Crippen LogP contribution in [0.3, 0.4) is 0 Å². The molecule has 0 unspecified atom stereocenters. The van der Waals surface area contributed by atoms with Crippen molar-refractivity contribution in [1.82, 2.24) is 0 Å². The number of benzene rings is 1. The molecular weight excluding hydrogens is 230 g/mol. The molecule has 1 atom stereocenters. The molecule has 0 aliphatic rings. The molecule has 1 aromatic carbocycles. The molecule has 86 valence electrons. The monoisotopic (exact) mass is 240 g/mol. The Hall–Kier alpha value is -1.55. The van der Waals surface area contributed by atoms with Gasteiger partial charge in [-0.05, 0) is 30.0 Å². The number of hydrogen-bond donors (Lipinski definition) is 1. The minimum atomic E-state index is -1.21. The van der Waals surface area contributed by atoms with E-state index in [0.29, 0.717) is 10.6 Å². The van der Waals surface area contributed by atoms with E-state index >= 15 is 0 Å². The normalized spacial score (nSPS) is 12.1. The summed E-state index contributed by atoms with van der Waals surface area (Å²) < 4.78 is 0. The van der Waals surface area contributed by atoms with Crippen LogP contribution in [-0.4, -0.2) is 11.9 Å². The van der Waals surface area contributed by atoms with Crippen molar-refractivity contribution in [3.05, 3.63) is 34.9 Å². The third kappa shape index (κ3) is 3.90. The van der Waals surface area contributed by atoms with Gasteiger partial charge in [0.15, 0.2) is 0 Å². The number of aliphatic carboxylic acids is 1. The zero-order chi connectivity index (χ0) is 12.1. The molecule has 4 nitrogen and oxygen atoms in total. The standard InChI is InChI=1S/C11H12ClNO3/c12-9-3-1-7(2-4-9)8(5-10(13)14)6-11(15)16/h1-4,8H,5-6H2,(H2,13,14)(H,15,16)/p-1/t8-/m0/s1. The van der Waals surface area contributed by atoms with E-state index in [-0.39, 0.29) is 12.8 Å². The number of carbonyl (C=O) groups is 2. The van der Waals surface area contributed by atoms with Crippen LogP contribution in [0.5, 0.6) is 0 Å². The molecule has 0 heterocycles. The zero-order valence-electron chi connectivity index (χ0n) is 8.48. The van der Waals surface area contributed by atoms with E-state index in [9.17, 15) is 14.7 Å². The van der Waals surface area contributed by atoms with Crippen LogP contribution in [0, 0.1) is 0 Å². The number of rotatable bonds is 5. The average molecular weight is 241 g/mol. The van der Waals surface area contributed by atoms with Gasteiger partial charge in [0.1, 0.15) is 0 Å². The molecule has 1 amide bonds. The summed E-state index contributed by atoms with van der Waals surface area (Å²) in [6.07, 6.45) is -0.250. The number of halogens is 1. The Morgan fingerprint density at radius 2 is 1.81 bits per heavy atom. The van der Waals surface area contributed by atoms with Crippen molar-refractivity contribution in [3.8, 4) is 0 Å². The maximum Gasteiger partial charge on any atom is 0.218 e. The van der Waals surface area contributed by atoms with Crippen LogP contribution in [0.15, 0.2) is 24.3 Å². The first kappa shape index (κ1) is 12.5. The summed E-state index contributed by atoms with van der Waals surface area (Å²) in [5.74, 6) is -2.21. The Balaban J connectivity index is 2.86. The lowest BCUT2D eigenvalue weighted by molar-refractivity contribution is -0.306. The third-order valence-corrected chi connectivity index (χ3v) is 2.45. The maximum absolute atomic E-state index is 10.8. The molecule has 0 saturated heterocycles. The Kier molecular flexibility index (Phi) is 4.31. The molecule has 5 heteroatoms. The summed E-state index contributed by atoms with van der Waals surface area (Å²) in [7, 11) is 0. The molecule has 0 spiro atoms. The van der Waals surface area contributed by atoms with Crippen molar-refractivity contribution >= 4 is 23.5 Å². The summed E-state index contributed by atoms with van der Waals surface area (Å²) in [5.41, 5.74) is 5.77. The van der Waals surface area contributed by atoms with E-state index in [2.05, 4.69) is 0 Å². The van der Waals surface area contributed by atoms with Gasteiger partial charge in [0.2, 0.25) is 5.91 Å². The van der Waals surface area contributed by atoms with Crippen molar-refractivity contribution in [2.24, 2.45) is 5.73 Å². The fourth-order valence-corrected chi connectivity index (χ4v) is 1.61. The molecule has 0 bridgehead atoms. The van der Waals surface area contributed by atoms with Gasteiger partial charge >= 0.3 is 0 Å². The molecule has 0 aliphatic carbocycles. The molecule has 1 aromatic rings. The second kappa shape index (κ2) is 5.51. The predicted octanol–water partition coefficient (Wildman–Crippen LogP) is 0.439. The number of carbonyl (C=O) groups excluding carboxylic acids is 2. The topological polar surface area (TPSA) is 83.2 Å². The van der Waals surface area contributed by atoms with Crippen molar-refractivity contribution in [3.63, 3.8) is 0 Å². The number of primary amides is 1. The summed E-state index contributed by atoms with van der Waals surface area (Å²) >= 11 is 5.71. The lowest BCUT2D eigenvalue weighted by Crippen LogP contribution is -2.26. The molecule has 0 fully saturated rings. The molecular formula is C11H11ClNO3-. The highest BCUT2D eigenvalue weighted by Crippen LogP contribution is 2.24. The SMILES string of the molecule is NC(=O)C[C@@H](CC(=O)[O-])c1ccc(Cl)cc1. The smallest absolute Gasteiger partial charge is 0.218 e. The van der Waals surface area contributed by atoms with Crippen LogP contribution in [0.4, 0.5) is 0 Å². The van der Waals surface area contributed by atoms with Gasteiger partial charge in [-0.15, -0.1) is 0 Å². The average Bonchev–Trinajstić information content (AvgIpc) is 2.16. The highest BCUT2D eigenvalue weighted by atomic mass is 35.5. The lowest BCUT2D eigenvalue weighted by Gasteiger charge is -2.16. The van der Waals surface area contributed by atoms with Crippen LogP contribution >= 0.6 is 11.6 Å². The molecule has 0 saturated carbocycles. The number of carboxylic acids is 1. The predicted molar refractivity (Wildman–Crippen MR) is 57.6 cm³/mol. The van der Waals surface area contributed by atoms with Crippen molar-refractivity contribution in [2.75, 3.05) is 0 Å². The minimum Gasteiger partial charge on any atom is -0.550 e. The number of nitrogens with two attached hydrogens (primary N) is 1. The Labute approximate surface area is 98.0 Å². The molecule has 2 N–H and O–H groups in total. The molecule has 0 aromatic heterocycles. The van der Waals surface area contributed by atoms with Gasteiger partial charge in [-0.25, -0.2) is 0 Å². The minimum absolute atomic E-state index is 0.0182. The largest absolute Gasteiger partial charge is 0.550 e. The van der Waals surface area contributed by atoms with Gasteiger partial charge in [-0.3, -0.25) is 4.79 Å². The van der Waals surface area contributed by atoms with Gasteiger partial charge in [-0.2, -0.15) is 0 Å². The van der Waals surface area contributed by atoms with Crippen molar-refractivity contribution in [1.29, 1.82) is 0 Å². The van der Waals surface area contributed by atoms with Crippen LogP contribution < -0.4 is 10.8 Å². The Morgan fingerprint density at radius 1 is 1.25 bits per heavy atom. The maximum atomic E-state index is 10.8. The summed E-state index contributed by atoms with van der Waals surface area (Å²) in [4.78, 5) is 21.4. The van der Waals surface area contributed by atoms with E-state index in [1.54, 1.807) is 24.3 Å². The molecule has 0 radical (unpaired) electrons. The zero-order valence-corrected chi connectivity index (χ0v) is 9.24. The number of hydrogen-bond acceptors (Lipinski definition) is 3. The van der Waals surface area contributed by atoms with E-state index in [4.69, 9.17) is 17.3 Å². The van der Waals surface area contributed by atoms with E-state index < -0.39 is 17.8 Å². The van der Waals surface area contributed by atoms with Gasteiger partial charge in [0, 0.05) is 17.4 Å². The van der Waals surface area contributed by atoms with Gasteiger partial charge in [0.25, 0.3) is 0 Å². The van der Waals surface area contributed by atoms with E-state index in [1.165, 1.54) is 0 Å². The quantitative estimate of drug-likeness (QED) is 0.811. The number of carboxylic acid groups (broad SMARTS) is 1. The summed E-state index contributed by atoms with van der Waals surface area (Å²) in [6.45, 7) is 0. The fourth-order valence-electron chi connectivity index (χ4n) is 1.49. The number of amides is 1. The summed E-state index contributed by atoms with van der Waals surface area (Å²) in [5, 5.41) is 11.1. The first-order valence-electron chi connectivity index (χ1n) is 4.72. The highest BCUT2D eigenvalue weighted by Gasteiger charge is 2.14. The van der Waals surface area contributed by atoms with Gasteiger partial charge in [0.05, 0.1) is 0 Å². The van der Waals surface area contributed by atoms with Crippen LogP contribution in [-0.2, 0) is 9.59 Å². The fraction of sp³-hybridized carbons (Fsp3) is 0.273. The molecule has 1 rings (SSSR count). The van der Waals surface area contributed by atoms with Gasteiger partial charge < -0.3 is 15.6 Å². The second-order valence-corrected chi connectivity index (χ2v) is 3.93. The van der Waals surface area contributed by atoms with Crippen LogP contribution in [0.25, 0.3) is 0 Å². The van der Waals surface area contributed by atoms with Crippen molar-refractivity contribution in [2.45, 2.75) is 18.8 Å². The van der Waals surface area contributed by atoms with Crippen molar-refractivity contribution < 1.29 is 14.7 Å².